The molecule has 0 rings (SSSR count). The molecule has 4 nitrogen and oxygen atoms in total. The number of carbonyl (C=O) groups excluding carboxylic acids is 1. The molecular formula is C10H22N2O2. The first-order valence-corrected chi connectivity index (χ1v) is 5.19. The molecule has 0 aliphatic heterocycles. The molecule has 2 N–H and O–H groups in total. The minimum absolute atomic E-state index is 0.0658. The quantitative estimate of drug-likeness (QED) is 0.603. The summed E-state index contributed by atoms with van der Waals surface area (Å²) >= 11 is 0. The fraction of sp³-hybridized carbons (Fsp3) is 0.900. The molecule has 1 amide bonds. The van der Waals surface area contributed by atoms with E-state index in [1.54, 1.807) is 7.11 Å². The normalized spacial score (nSPS) is 12.5. The third-order valence-corrected chi connectivity index (χ3v) is 1.94. The van der Waals surface area contributed by atoms with Crippen LogP contribution >= 0.6 is 0 Å². The van der Waals surface area contributed by atoms with Crippen LogP contribution < -0.4 is 10.6 Å². The summed E-state index contributed by atoms with van der Waals surface area (Å²) in [5.74, 6) is 0.0658. The largest absolute Gasteiger partial charge is 0.385 e. The van der Waals surface area contributed by atoms with E-state index in [0.717, 1.165) is 26.0 Å². The lowest BCUT2D eigenvalue weighted by molar-refractivity contribution is -0.120. The standard InChI is InChI=1S/C10H22N2O2/c1-4-6-11-10(13)8-12-9(2)5-7-14-3/h9,12H,4-8H2,1-3H3,(H,11,13). The third-order valence-electron chi connectivity index (χ3n) is 1.94. The number of rotatable bonds is 8. The van der Waals surface area contributed by atoms with E-state index in [1.165, 1.54) is 0 Å². The maximum absolute atomic E-state index is 11.2. The molecule has 0 aromatic carbocycles. The maximum atomic E-state index is 11.2. The van der Waals surface area contributed by atoms with Gasteiger partial charge in [0, 0.05) is 26.3 Å². The Balaban J connectivity index is 3.36. The molecule has 0 radical (unpaired) electrons. The topological polar surface area (TPSA) is 50.4 Å². The molecule has 0 aliphatic carbocycles. The summed E-state index contributed by atoms with van der Waals surface area (Å²) in [7, 11) is 1.68. The van der Waals surface area contributed by atoms with Crippen LogP contribution in [0.4, 0.5) is 0 Å². The van der Waals surface area contributed by atoms with E-state index in [1.807, 2.05) is 13.8 Å². The first-order valence-electron chi connectivity index (χ1n) is 5.19. The number of methoxy groups -OCH3 is 1. The van der Waals surface area contributed by atoms with Crippen LogP contribution in [0, 0.1) is 0 Å². The summed E-state index contributed by atoms with van der Waals surface area (Å²) in [4.78, 5) is 11.2. The molecule has 1 atom stereocenters. The van der Waals surface area contributed by atoms with Crippen LogP contribution in [0.1, 0.15) is 26.7 Å². The Labute approximate surface area is 86.4 Å². The maximum Gasteiger partial charge on any atom is 0.233 e. The van der Waals surface area contributed by atoms with Gasteiger partial charge in [0.05, 0.1) is 6.54 Å². The second-order valence-corrected chi connectivity index (χ2v) is 3.41. The number of nitrogens with one attached hydrogen (secondary N) is 2. The highest BCUT2D eigenvalue weighted by Gasteiger charge is 2.03. The summed E-state index contributed by atoms with van der Waals surface area (Å²) in [6, 6.07) is 0.322. The van der Waals surface area contributed by atoms with Gasteiger partial charge in [-0.2, -0.15) is 0 Å². The highest BCUT2D eigenvalue weighted by atomic mass is 16.5. The van der Waals surface area contributed by atoms with Crippen molar-refractivity contribution >= 4 is 5.91 Å². The lowest BCUT2D eigenvalue weighted by Crippen LogP contribution is -2.38. The molecule has 0 bridgehead atoms. The number of hydrogen-bond donors (Lipinski definition) is 2. The first-order chi connectivity index (χ1) is 6.70. The van der Waals surface area contributed by atoms with Crippen LogP contribution in [0.15, 0.2) is 0 Å². The zero-order chi connectivity index (χ0) is 10.8. The van der Waals surface area contributed by atoms with E-state index in [0.29, 0.717) is 12.6 Å². The zero-order valence-electron chi connectivity index (χ0n) is 9.43. The summed E-state index contributed by atoms with van der Waals surface area (Å²) in [5, 5.41) is 5.95. The molecule has 0 fully saturated rings. The van der Waals surface area contributed by atoms with Crippen LogP contribution in [0.3, 0.4) is 0 Å². The average Bonchev–Trinajstić information content (AvgIpc) is 2.20. The van der Waals surface area contributed by atoms with Crippen molar-refractivity contribution in [1.29, 1.82) is 0 Å². The van der Waals surface area contributed by atoms with Gasteiger partial charge in [0.15, 0.2) is 0 Å². The van der Waals surface area contributed by atoms with Crippen LogP contribution in [-0.2, 0) is 9.53 Å². The van der Waals surface area contributed by atoms with E-state index < -0.39 is 0 Å². The number of carbonyl (C=O) groups is 1. The first kappa shape index (κ1) is 13.4. The molecular weight excluding hydrogens is 180 g/mol. The minimum atomic E-state index is 0.0658. The van der Waals surface area contributed by atoms with E-state index in [-0.39, 0.29) is 5.91 Å². The van der Waals surface area contributed by atoms with Crippen LogP contribution in [-0.4, -0.2) is 38.8 Å². The van der Waals surface area contributed by atoms with E-state index in [2.05, 4.69) is 10.6 Å². The van der Waals surface area contributed by atoms with Gasteiger partial charge in [0.2, 0.25) is 5.91 Å². The Morgan fingerprint density at radius 2 is 2.21 bits per heavy atom. The van der Waals surface area contributed by atoms with Crippen molar-refractivity contribution in [3.8, 4) is 0 Å². The molecule has 0 saturated heterocycles. The highest BCUT2D eigenvalue weighted by molar-refractivity contribution is 5.77. The molecule has 0 aromatic heterocycles. The molecule has 0 saturated carbocycles. The summed E-state index contributed by atoms with van der Waals surface area (Å²) < 4.78 is 4.94. The van der Waals surface area contributed by atoms with Crippen LogP contribution in [0.2, 0.25) is 0 Å². The van der Waals surface area contributed by atoms with Crippen molar-refractivity contribution in [3.63, 3.8) is 0 Å². The lowest BCUT2D eigenvalue weighted by Gasteiger charge is -2.12. The van der Waals surface area contributed by atoms with Crippen LogP contribution in [0.25, 0.3) is 0 Å². The van der Waals surface area contributed by atoms with Gasteiger partial charge in [-0.25, -0.2) is 0 Å². The van der Waals surface area contributed by atoms with Gasteiger partial charge in [0.1, 0.15) is 0 Å². The molecule has 14 heavy (non-hydrogen) atoms. The number of hydrogen-bond acceptors (Lipinski definition) is 3. The van der Waals surface area contributed by atoms with Gasteiger partial charge >= 0.3 is 0 Å². The molecule has 0 aromatic rings. The lowest BCUT2D eigenvalue weighted by atomic mass is 10.2. The summed E-state index contributed by atoms with van der Waals surface area (Å²) in [6.45, 7) is 5.96. The Morgan fingerprint density at radius 1 is 1.50 bits per heavy atom. The Morgan fingerprint density at radius 3 is 2.79 bits per heavy atom. The number of ether oxygens (including phenoxy) is 1. The monoisotopic (exact) mass is 202 g/mol. The molecule has 0 heterocycles. The second-order valence-electron chi connectivity index (χ2n) is 3.41. The number of amides is 1. The van der Waals surface area contributed by atoms with Gasteiger partial charge in [-0.05, 0) is 19.8 Å². The van der Waals surface area contributed by atoms with Crippen molar-refractivity contribution in [2.24, 2.45) is 0 Å². The van der Waals surface area contributed by atoms with Gasteiger partial charge < -0.3 is 15.4 Å². The van der Waals surface area contributed by atoms with Gasteiger partial charge in [0.25, 0.3) is 0 Å². The van der Waals surface area contributed by atoms with E-state index >= 15 is 0 Å². The summed E-state index contributed by atoms with van der Waals surface area (Å²) in [5.41, 5.74) is 0. The Kier molecular flexibility index (Phi) is 8.57. The predicted octanol–water partition coefficient (Wildman–Crippen LogP) is 0.527. The molecule has 1 unspecified atom stereocenters. The van der Waals surface area contributed by atoms with Gasteiger partial charge in [-0.15, -0.1) is 0 Å². The van der Waals surface area contributed by atoms with Crippen molar-refractivity contribution in [2.75, 3.05) is 26.8 Å². The van der Waals surface area contributed by atoms with Crippen molar-refractivity contribution < 1.29 is 9.53 Å². The minimum Gasteiger partial charge on any atom is -0.385 e. The molecule has 84 valence electrons. The smallest absolute Gasteiger partial charge is 0.233 e. The summed E-state index contributed by atoms with van der Waals surface area (Å²) in [6.07, 6.45) is 1.91. The van der Waals surface area contributed by atoms with Gasteiger partial charge in [-0.3, -0.25) is 4.79 Å². The fourth-order valence-electron chi connectivity index (χ4n) is 0.991. The average molecular weight is 202 g/mol. The van der Waals surface area contributed by atoms with Crippen molar-refractivity contribution in [1.82, 2.24) is 10.6 Å². The molecule has 4 heteroatoms. The SMILES string of the molecule is CCCNC(=O)CNC(C)CCOC. The predicted molar refractivity (Wildman–Crippen MR) is 57.3 cm³/mol. The zero-order valence-corrected chi connectivity index (χ0v) is 9.43. The van der Waals surface area contributed by atoms with Crippen molar-refractivity contribution in [3.05, 3.63) is 0 Å². The van der Waals surface area contributed by atoms with Gasteiger partial charge in [-0.1, -0.05) is 6.92 Å². The van der Waals surface area contributed by atoms with E-state index in [9.17, 15) is 4.79 Å². The Bertz CT molecular complexity index is 151. The molecule has 0 aliphatic rings. The molecule has 0 spiro atoms. The van der Waals surface area contributed by atoms with Crippen LogP contribution in [0.5, 0.6) is 0 Å². The third kappa shape index (κ3) is 8.01. The second kappa shape index (κ2) is 8.97. The highest BCUT2D eigenvalue weighted by Crippen LogP contribution is 1.89. The van der Waals surface area contributed by atoms with Crippen molar-refractivity contribution in [2.45, 2.75) is 32.7 Å². The van der Waals surface area contributed by atoms with E-state index in [4.69, 9.17) is 4.74 Å². The fourth-order valence-corrected chi connectivity index (χ4v) is 0.991. The Hall–Kier alpha value is -0.610.